The molecule has 5 rings (SSSR count). The van der Waals surface area contributed by atoms with Crippen molar-refractivity contribution in [3.63, 3.8) is 0 Å². The number of para-hydroxylation sites is 2. The molecule has 7 heteroatoms. The fraction of sp³-hybridized carbons (Fsp3) is 0.238. The van der Waals surface area contributed by atoms with E-state index in [2.05, 4.69) is 15.2 Å². The van der Waals surface area contributed by atoms with E-state index >= 15 is 0 Å². The van der Waals surface area contributed by atoms with E-state index in [0.717, 1.165) is 37.3 Å². The maximum absolute atomic E-state index is 13.4. The largest absolute Gasteiger partial charge is 0.342 e. The average Bonchev–Trinajstić information content (AvgIpc) is 3.20. The highest BCUT2D eigenvalue weighted by Gasteiger charge is 2.23. The quantitative estimate of drug-likeness (QED) is 0.553. The first-order valence-electron chi connectivity index (χ1n) is 9.57. The second-order valence-electron chi connectivity index (χ2n) is 6.94. The summed E-state index contributed by atoms with van der Waals surface area (Å²) in [5, 5.41) is 8.39. The molecule has 7 nitrogen and oxygen atoms in total. The number of anilines is 1. The summed E-state index contributed by atoms with van der Waals surface area (Å²) < 4.78 is 3.30. The van der Waals surface area contributed by atoms with Crippen molar-refractivity contribution in [2.24, 2.45) is 0 Å². The Morgan fingerprint density at radius 2 is 1.43 bits per heavy atom. The number of piperidine rings is 1. The zero-order valence-corrected chi connectivity index (χ0v) is 15.4. The van der Waals surface area contributed by atoms with Gasteiger partial charge in [0.2, 0.25) is 5.95 Å². The molecule has 2 aromatic heterocycles. The lowest BCUT2D eigenvalue weighted by atomic mass is 10.1. The molecule has 0 spiro atoms. The van der Waals surface area contributed by atoms with Crippen LogP contribution in [0.1, 0.15) is 19.3 Å². The number of benzene rings is 2. The summed E-state index contributed by atoms with van der Waals surface area (Å²) in [5.41, 5.74) is 2.19. The molecular weight excluding hydrogens is 352 g/mol. The minimum Gasteiger partial charge on any atom is -0.342 e. The van der Waals surface area contributed by atoms with Crippen LogP contribution in [0.2, 0.25) is 0 Å². The van der Waals surface area contributed by atoms with Gasteiger partial charge in [-0.25, -0.2) is 4.57 Å². The molecule has 0 radical (unpaired) electrons. The van der Waals surface area contributed by atoms with Gasteiger partial charge < -0.3 is 4.90 Å². The van der Waals surface area contributed by atoms with Crippen molar-refractivity contribution in [2.75, 3.05) is 18.0 Å². The lowest BCUT2D eigenvalue weighted by molar-refractivity contribution is 0.563. The minimum absolute atomic E-state index is 0.195. The molecule has 1 aliphatic rings. The van der Waals surface area contributed by atoms with Crippen LogP contribution in [-0.4, -0.2) is 37.6 Å². The van der Waals surface area contributed by atoms with Gasteiger partial charge in [-0.3, -0.25) is 4.79 Å². The van der Waals surface area contributed by atoms with E-state index in [0.29, 0.717) is 11.6 Å². The van der Waals surface area contributed by atoms with Crippen LogP contribution in [0.15, 0.2) is 65.5 Å². The lowest BCUT2D eigenvalue weighted by Gasteiger charge is -2.29. The Balaban J connectivity index is 1.79. The summed E-state index contributed by atoms with van der Waals surface area (Å²) in [6.45, 7) is 1.77. The van der Waals surface area contributed by atoms with E-state index in [1.807, 2.05) is 60.7 Å². The fourth-order valence-corrected chi connectivity index (χ4v) is 3.72. The Labute approximate surface area is 161 Å². The number of nitrogens with zero attached hydrogens (tertiary/aromatic N) is 6. The molecule has 1 saturated heterocycles. The van der Waals surface area contributed by atoms with Crippen molar-refractivity contribution in [1.82, 2.24) is 24.5 Å². The van der Waals surface area contributed by atoms with Crippen LogP contribution in [0.4, 0.5) is 5.95 Å². The van der Waals surface area contributed by atoms with Crippen LogP contribution in [0.5, 0.6) is 0 Å². The molecule has 3 heterocycles. The first kappa shape index (κ1) is 16.7. The van der Waals surface area contributed by atoms with Gasteiger partial charge in [0.25, 0.3) is 5.56 Å². The van der Waals surface area contributed by atoms with E-state index in [1.54, 1.807) is 9.25 Å². The van der Waals surface area contributed by atoms with E-state index in [4.69, 9.17) is 4.98 Å². The topological polar surface area (TPSA) is 68.8 Å². The number of rotatable bonds is 3. The summed E-state index contributed by atoms with van der Waals surface area (Å²) in [5.74, 6) is 0.655. The van der Waals surface area contributed by atoms with Crippen molar-refractivity contribution < 1.29 is 0 Å². The fourth-order valence-electron chi connectivity index (χ4n) is 3.72. The van der Waals surface area contributed by atoms with Crippen LogP contribution in [0.25, 0.3) is 22.5 Å². The normalized spacial score (nSPS) is 14.5. The van der Waals surface area contributed by atoms with Crippen molar-refractivity contribution in [2.45, 2.75) is 19.3 Å². The van der Waals surface area contributed by atoms with Crippen LogP contribution in [0.3, 0.4) is 0 Å². The monoisotopic (exact) mass is 372 g/mol. The molecule has 0 bridgehead atoms. The molecule has 1 aliphatic heterocycles. The van der Waals surface area contributed by atoms with Crippen molar-refractivity contribution in [1.29, 1.82) is 0 Å². The molecule has 0 N–H and O–H groups in total. The predicted octanol–water partition coefficient (Wildman–Crippen LogP) is 2.96. The number of fused-ring (bicyclic) bond motifs is 1. The smallest absolute Gasteiger partial charge is 0.289 e. The molecule has 28 heavy (non-hydrogen) atoms. The number of hydrogen-bond donors (Lipinski definition) is 0. The Morgan fingerprint density at radius 1 is 0.786 bits per heavy atom. The van der Waals surface area contributed by atoms with Crippen LogP contribution in [-0.2, 0) is 0 Å². The highest BCUT2D eigenvalue weighted by Crippen LogP contribution is 2.23. The summed E-state index contributed by atoms with van der Waals surface area (Å²) >= 11 is 0. The summed E-state index contributed by atoms with van der Waals surface area (Å²) in [6, 6.07) is 19.3. The lowest BCUT2D eigenvalue weighted by Crippen LogP contribution is -2.36. The Hall–Kier alpha value is -3.48. The zero-order chi connectivity index (χ0) is 18.9. The van der Waals surface area contributed by atoms with Gasteiger partial charge in [0.05, 0.1) is 11.4 Å². The van der Waals surface area contributed by atoms with Crippen LogP contribution in [0, 0.1) is 0 Å². The molecule has 4 aromatic rings. The third-order valence-corrected chi connectivity index (χ3v) is 5.11. The van der Waals surface area contributed by atoms with Crippen molar-refractivity contribution >= 4 is 17.1 Å². The highest BCUT2D eigenvalue weighted by molar-refractivity contribution is 5.73. The second kappa shape index (κ2) is 6.92. The van der Waals surface area contributed by atoms with E-state index in [9.17, 15) is 4.79 Å². The number of aromatic nitrogens is 5. The van der Waals surface area contributed by atoms with Crippen molar-refractivity contribution in [3.8, 4) is 11.4 Å². The molecule has 0 atom stereocenters. The van der Waals surface area contributed by atoms with E-state index in [1.165, 1.54) is 6.42 Å². The zero-order valence-electron chi connectivity index (χ0n) is 15.4. The van der Waals surface area contributed by atoms with Gasteiger partial charge in [-0.15, -0.1) is 5.10 Å². The molecule has 1 fully saturated rings. The third kappa shape index (κ3) is 2.76. The minimum atomic E-state index is -0.195. The Kier molecular flexibility index (Phi) is 4.12. The summed E-state index contributed by atoms with van der Waals surface area (Å²) in [4.78, 5) is 20.5. The summed E-state index contributed by atoms with van der Waals surface area (Å²) in [6.07, 6.45) is 3.40. The maximum atomic E-state index is 13.4. The van der Waals surface area contributed by atoms with Crippen LogP contribution >= 0.6 is 0 Å². The first-order valence-corrected chi connectivity index (χ1v) is 9.57. The molecule has 2 aromatic carbocycles. The molecule has 0 amide bonds. The third-order valence-electron chi connectivity index (χ3n) is 5.11. The maximum Gasteiger partial charge on any atom is 0.289 e. The van der Waals surface area contributed by atoms with E-state index < -0.39 is 0 Å². The Morgan fingerprint density at radius 3 is 2.11 bits per heavy atom. The first-order chi connectivity index (χ1) is 13.8. The van der Waals surface area contributed by atoms with Gasteiger partial charge >= 0.3 is 0 Å². The molecular formula is C21H20N6O. The molecule has 0 aliphatic carbocycles. The van der Waals surface area contributed by atoms with Gasteiger partial charge in [0, 0.05) is 13.1 Å². The van der Waals surface area contributed by atoms with Crippen LogP contribution < -0.4 is 10.5 Å². The SMILES string of the molecule is O=c1c2nnn(-c3ccccc3)c2nc(N2CCCCC2)n1-c1ccccc1. The van der Waals surface area contributed by atoms with Gasteiger partial charge in [-0.1, -0.05) is 41.6 Å². The molecule has 0 unspecified atom stereocenters. The van der Waals surface area contributed by atoms with E-state index in [-0.39, 0.29) is 11.1 Å². The standard InChI is InChI=1S/C21H20N6O/c28-20-18-19(27(24-23-18)17-12-6-2-7-13-17)22-21(25-14-8-3-9-15-25)26(20)16-10-4-1-5-11-16/h1-2,4-7,10-13H,3,8-9,14-15H2. The highest BCUT2D eigenvalue weighted by atomic mass is 16.1. The van der Waals surface area contributed by atoms with Gasteiger partial charge in [0.15, 0.2) is 11.2 Å². The molecule has 140 valence electrons. The number of hydrogen-bond acceptors (Lipinski definition) is 5. The summed E-state index contributed by atoms with van der Waals surface area (Å²) in [7, 11) is 0. The van der Waals surface area contributed by atoms with Gasteiger partial charge in [-0.05, 0) is 43.5 Å². The predicted molar refractivity (Wildman–Crippen MR) is 108 cm³/mol. The molecule has 0 saturated carbocycles. The van der Waals surface area contributed by atoms with Crippen molar-refractivity contribution in [3.05, 3.63) is 71.0 Å². The Bertz CT molecular complexity index is 1160. The van der Waals surface area contributed by atoms with Gasteiger partial charge in [-0.2, -0.15) is 9.67 Å². The second-order valence-corrected chi connectivity index (χ2v) is 6.94. The average molecular weight is 372 g/mol. The van der Waals surface area contributed by atoms with Gasteiger partial charge in [0.1, 0.15) is 0 Å².